The van der Waals surface area contributed by atoms with Crippen molar-refractivity contribution in [2.24, 2.45) is 0 Å². The predicted molar refractivity (Wildman–Crippen MR) is 81.6 cm³/mol. The van der Waals surface area contributed by atoms with Crippen LogP contribution in [0.4, 0.5) is 11.4 Å². The third kappa shape index (κ3) is 3.27. The van der Waals surface area contributed by atoms with Crippen molar-refractivity contribution in [2.75, 3.05) is 10.6 Å². The van der Waals surface area contributed by atoms with Crippen molar-refractivity contribution in [1.82, 2.24) is 20.6 Å². The van der Waals surface area contributed by atoms with Gasteiger partial charge in [-0.25, -0.2) is 0 Å². The van der Waals surface area contributed by atoms with Crippen LogP contribution < -0.4 is 10.6 Å². The second kappa shape index (κ2) is 6.49. The minimum Gasteiger partial charge on any atom is -0.360 e. The fourth-order valence-electron chi connectivity index (χ4n) is 1.94. The van der Waals surface area contributed by atoms with Crippen molar-refractivity contribution < 1.29 is 4.79 Å². The van der Waals surface area contributed by atoms with E-state index in [1.165, 1.54) is 13.1 Å². The molecule has 0 bridgehead atoms. The van der Waals surface area contributed by atoms with Crippen LogP contribution >= 0.6 is 0 Å². The summed E-state index contributed by atoms with van der Waals surface area (Å²) in [6, 6.07) is 5.75. The highest BCUT2D eigenvalue weighted by Gasteiger charge is 2.10. The first-order valence-electron chi connectivity index (χ1n) is 6.51. The van der Waals surface area contributed by atoms with E-state index in [2.05, 4.69) is 31.3 Å². The van der Waals surface area contributed by atoms with Gasteiger partial charge in [0.25, 0.3) is 0 Å². The summed E-state index contributed by atoms with van der Waals surface area (Å²) in [4.78, 5) is 11.3. The van der Waals surface area contributed by atoms with E-state index in [-0.39, 0.29) is 17.3 Å². The minimum absolute atomic E-state index is 0.136. The number of hydrogen-bond acceptors (Lipinski definition) is 6. The quantitative estimate of drug-likeness (QED) is 0.740. The number of benzene rings is 1. The van der Waals surface area contributed by atoms with Crippen molar-refractivity contribution in [1.29, 1.82) is 5.26 Å². The number of H-pyrrole nitrogens is 1. The molecule has 0 aliphatic heterocycles. The van der Waals surface area contributed by atoms with Gasteiger partial charge in [-0.3, -0.25) is 4.79 Å². The average Bonchev–Trinajstić information content (AvgIpc) is 3.00. The Labute approximate surface area is 127 Å². The monoisotopic (exact) mass is 297 g/mol. The molecular formula is C14H15N7O. The molecule has 1 aromatic heterocycles. The van der Waals surface area contributed by atoms with E-state index in [0.717, 1.165) is 22.5 Å². The molecular weight excluding hydrogens is 282 g/mol. The largest absolute Gasteiger partial charge is 0.360 e. The number of amides is 1. The van der Waals surface area contributed by atoms with Crippen LogP contribution in [0.1, 0.15) is 23.9 Å². The van der Waals surface area contributed by atoms with Gasteiger partial charge in [0, 0.05) is 24.5 Å². The second-order valence-electron chi connectivity index (χ2n) is 4.66. The van der Waals surface area contributed by atoms with E-state index in [9.17, 15) is 4.79 Å². The third-order valence-electron chi connectivity index (χ3n) is 3.05. The summed E-state index contributed by atoms with van der Waals surface area (Å²) in [7, 11) is 0. The summed E-state index contributed by atoms with van der Waals surface area (Å²) in [6.45, 7) is 5.26. The number of hydrogen-bond donors (Lipinski definition) is 3. The highest BCUT2D eigenvalue weighted by atomic mass is 16.1. The molecule has 1 aromatic carbocycles. The molecule has 0 saturated heterocycles. The molecule has 3 N–H and O–H groups in total. The lowest BCUT2D eigenvalue weighted by Crippen LogP contribution is -2.09. The molecule has 8 nitrogen and oxygen atoms in total. The number of nitrogens with zero attached hydrogens (tertiary/aromatic N) is 4. The van der Waals surface area contributed by atoms with Crippen molar-refractivity contribution in [3.8, 4) is 6.07 Å². The van der Waals surface area contributed by atoms with Gasteiger partial charge in [-0.05, 0) is 36.3 Å². The number of carbonyl (C=O) groups excluding carboxylic acids is 1. The van der Waals surface area contributed by atoms with Gasteiger partial charge in [0.15, 0.2) is 0 Å². The molecule has 1 heterocycles. The van der Waals surface area contributed by atoms with Crippen LogP contribution in [0.5, 0.6) is 0 Å². The van der Waals surface area contributed by atoms with Crippen LogP contribution in [0.2, 0.25) is 0 Å². The second-order valence-corrected chi connectivity index (χ2v) is 4.66. The van der Waals surface area contributed by atoms with Crippen LogP contribution in [-0.4, -0.2) is 26.5 Å². The number of carbonyl (C=O) groups is 1. The summed E-state index contributed by atoms with van der Waals surface area (Å²) in [5.74, 6) is 0.0743. The average molecular weight is 297 g/mol. The molecule has 0 atom stereocenters. The predicted octanol–water partition coefficient (Wildman–Crippen LogP) is 1.75. The SMILES string of the molecule is CC(=O)Nc1c(C)ccc(NC=C(C#N)c2nn[nH]n2)c1C. The fourth-order valence-corrected chi connectivity index (χ4v) is 1.94. The van der Waals surface area contributed by atoms with Crippen LogP contribution in [0.3, 0.4) is 0 Å². The third-order valence-corrected chi connectivity index (χ3v) is 3.05. The molecule has 22 heavy (non-hydrogen) atoms. The maximum absolute atomic E-state index is 11.3. The lowest BCUT2D eigenvalue weighted by Gasteiger charge is -2.14. The van der Waals surface area contributed by atoms with Crippen LogP contribution in [0, 0.1) is 25.2 Å². The Kier molecular flexibility index (Phi) is 4.48. The Balaban J connectivity index is 2.31. The van der Waals surface area contributed by atoms with E-state index in [1.807, 2.05) is 32.0 Å². The zero-order valence-corrected chi connectivity index (χ0v) is 12.4. The molecule has 2 rings (SSSR count). The number of tetrazole rings is 1. The van der Waals surface area contributed by atoms with Gasteiger partial charge in [0.05, 0.1) is 0 Å². The lowest BCUT2D eigenvalue weighted by molar-refractivity contribution is -0.114. The van der Waals surface area contributed by atoms with Gasteiger partial charge in [-0.2, -0.15) is 10.5 Å². The van der Waals surface area contributed by atoms with Crippen LogP contribution in [0.15, 0.2) is 18.3 Å². The molecule has 1 amide bonds. The number of nitriles is 1. The lowest BCUT2D eigenvalue weighted by atomic mass is 10.1. The van der Waals surface area contributed by atoms with E-state index in [1.54, 1.807) is 0 Å². The van der Waals surface area contributed by atoms with Crippen LogP contribution in [-0.2, 0) is 4.79 Å². The normalized spacial score (nSPS) is 10.9. The highest BCUT2D eigenvalue weighted by Crippen LogP contribution is 2.27. The fraction of sp³-hybridized carbons (Fsp3) is 0.214. The molecule has 112 valence electrons. The summed E-state index contributed by atoms with van der Waals surface area (Å²) in [5.41, 5.74) is 3.60. The van der Waals surface area contributed by atoms with Gasteiger partial charge >= 0.3 is 0 Å². The van der Waals surface area contributed by atoms with Gasteiger partial charge in [-0.15, -0.1) is 10.2 Å². The molecule has 8 heteroatoms. The van der Waals surface area contributed by atoms with Crippen LogP contribution in [0.25, 0.3) is 5.57 Å². The number of rotatable bonds is 4. The first-order chi connectivity index (χ1) is 10.5. The van der Waals surface area contributed by atoms with E-state index >= 15 is 0 Å². The topological polar surface area (TPSA) is 119 Å². The number of allylic oxidation sites excluding steroid dienone is 1. The Morgan fingerprint density at radius 1 is 1.41 bits per heavy atom. The number of aromatic nitrogens is 4. The highest BCUT2D eigenvalue weighted by molar-refractivity contribution is 5.92. The molecule has 0 saturated carbocycles. The Morgan fingerprint density at radius 2 is 2.18 bits per heavy atom. The van der Waals surface area contributed by atoms with Gasteiger partial charge < -0.3 is 10.6 Å². The first-order valence-corrected chi connectivity index (χ1v) is 6.51. The number of anilines is 2. The van der Waals surface area contributed by atoms with Gasteiger partial charge in [0.2, 0.25) is 11.7 Å². The number of aromatic amines is 1. The Bertz CT molecular complexity index is 756. The summed E-state index contributed by atoms with van der Waals surface area (Å²) >= 11 is 0. The molecule has 0 unspecified atom stereocenters. The van der Waals surface area contributed by atoms with Crippen molar-refractivity contribution >= 4 is 22.9 Å². The Hall–Kier alpha value is -3.21. The molecule has 0 radical (unpaired) electrons. The Morgan fingerprint density at radius 3 is 2.77 bits per heavy atom. The smallest absolute Gasteiger partial charge is 0.221 e. The van der Waals surface area contributed by atoms with Crippen molar-refractivity contribution in [2.45, 2.75) is 20.8 Å². The summed E-state index contributed by atoms with van der Waals surface area (Å²) in [5, 5.41) is 28.2. The van der Waals surface area contributed by atoms with E-state index < -0.39 is 0 Å². The molecule has 0 fully saturated rings. The molecule has 0 aliphatic carbocycles. The zero-order chi connectivity index (χ0) is 16.1. The minimum atomic E-state index is -0.136. The first kappa shape index (κ1) is 15.2. The zero-order valence-electron chi connectivity index (χ0n) is 12.4. The van der Waals surface area contributed by atoms with Gasteiger partial charge in [0.1, 0.15) is 11.6 Å². The number of aryl methyl sites for hydroxylation is 1. The maximum atomic E-state index is 11.3. The summed E-state index contributed by atoms with van der Waals surface area (Å²) < 4.78 is 0. The van der Waals surface area contributed by atoms with Crippen molar-refractivity contribution in [3.63, 3.8) is 0 Å². The van der Waals surface area contributed by atoms with Gasteiger partial charge in [-0.1, -0.05) is 6.07 Å². The summed E-state index contributed by atoms with van der Waals surface area (Å²) in [6.07, 6.45) is 1.50. The van der Waals surface area contributed by atoms with Crippen molar-refractivity contribution in [3.05, 3.63) is 35.3 Å². The van der Waals surface area contributed by atoms with E-state index in [0.29, 0.717) is 0 Å². The molecule has 2 aromatic rings. The number of nitrogens with one attached hydrogen (secondary N) is 3. The molecule has 0 spiro atoms. The van der Waals surface area contributed by atoms with E-state index in [4.69, 9.17) is 5.26 Å². The maximum Gasteiger partial charge on any atom is 0.221 e. The molecule has 0 aliphatic rings. The standard InChI is InChI=1S/C14H15N7O/c1-8-4-5-12(9(2)13(8)17-10(3)22)16-7-11(6-15)14-18-20-21-19-14/h4-5,7,16H,1-3H3,(H,17,22)(H,18,19,20,21).